The van der Waals surface area contributed by atoms with Crippen molar-refractivity contribution in [3.05, 3.63) is 0 Å². The Morgan fingerprint density at radius 3 is 2.06 bits per heavy atom. The molecule has 0 heterocycles. The van der Waals surface area contributed by atoms with E-state index in [0.29, 0.717) is 6.42 Å². The van der Waals surface area contributed by atoms with Gasteiger partial charge in [0.25, 0.3) is 10.1 Å². The molecule has 16 heavy (non-hydrogen) atoms. The lowest BCUT2D eigenvalue weighted by molar-refractivity contribution is -0.319. The minimum Gasteiger partial charge on any atom is -0.550 e. The molecule has 0 rings (SSSR count). The fourth-order valence-electron chi connectivity index (χ4n) is 1.28. The van der Waals surface area contributed by atoms with Gasteiger partial charge in [-0.2, -0.15) is 8.42 Å². The number of hydrogen-bond donors (Lipinski definition) is 1. The molecule has 0 aromatic carbocycles. The topological polar surface area (TPSA) is 135 Å². The molecule has 0 amide bonds. The average molecular weight is 252 g/mol. The molecule has 0 aliphatic heterocycles. The summed E-state index contributed by atoms with van der Waals surface area (Å²) in [5.41, 5.74) is 0. The lowest BCUT2D eigenvalue weighted by Gasteiger charge is -2.31. The van der Waals surface area contributed by atoms with Crippen molar-refractivity contribution in [2.75, 3.05) is 0 Å². The summed E-state index contributed by atoms with van der Waals surface area (Å²) in [5, 5.41) is 21.1. The summed E-state index contributed by atoms with van der Waals surface area (Å²) in [7, 11) is -5.08. The summed E-state index contributed by atoms with van der Waals surface area (Å²) in [6, 6.07) is 0. The van der Waals surface area contributed by atoms with Crippen molar-refractivity contribution in [1.29, 1.82) is 0 Å². The van der Waals surface area contributed by atoms with E-state index in [2.05, 4.69) is 0 Å². The van der Waals surface area contributed by atoms with Crippen LogP contribution in [0.2, 0.25) is 0 Å². The third kappa shape index (κ3) is 3.17. The summed E-state index contributed by atoms with van der Waals surface area (Å²) in [6.45, 7) is 1.66. The Hall–Kier alpha value is -1.15. The molecule has 0 aliphatic carbocycles. The molecule has 0 fully saturated rings. The fourth-order valence-corrected chi connectivity index (χ4v) is 2.20. The molecule has 0 bridgehead atoms. The second kappa shape index (κ2) is 5.26. The van der Waals surface area contributed by atoms with Crippen molar-refractivity contribution in [1.82, 2.24) is 0 Å². The van der Waals surface area contributed by atoms with E-state index in [4.69, 9.17) is 4.55 Å². The van der Waals surface area contributed by atoms with Gasteiger partial charge in [-0.15, -0.1) is 0 Å². The van der Waals surface area contributed by atoms with Crippen LogP contribution >= 0.6 is 0 Å². The Bertz CT molecular complexity index is 372. The van der Waals surface area contributed by atoms with Gasteiger partial charge in [-0.1, -0.05) is 19.8 Å². The van der Waals surface area contributed by atoms with Gasteiger partial charge in [-0.3, -0.25) is 4.55 Å². The number of aliphatic carboxylic acids is 2. The van der Waals surface area contributed by atoms with E-state index >= 15 is 0 Å². The zero-order valence-electron chi connectivity index (χ0n) is 8.63. The molecule has 94 valence electrons. The standard InChI is InChI=1S/C8H14O7S/c1-2-3-4-8(7(11)12,5-6(9)10)16(13,14)15/h2-5H2,1H3,(H,9,10)(H,11,12)(H,13,14,15)/p-2. The molecule has 7 nitrogen and oxygen atoms in total. The minimum absolute atomic E-state index is 0.126. The van der Waals surface area contributed by atoms with Crippen LogP contribution < -0.4 is 10.2 Å². The number of rotatable bonds is 7. The van der Waals surface area contributed by atoms with Crippen molar-refractivity contribution in [2.45, 2.75) is 37.4 Å². The normalized spacial score (nSPS) is 15.4. The molecule has 1 atom stereocenters. The Kier molecular flexibility index (Phi) is 4.88. The zero-order chi connectivity index (χ0) is 13.0. The van der Waals surface area contributed by atoms with Crippen LogP contribution in [0.25, 0.3) is 0 Å². The summed E-state index contributed by atoms with van der Waals surface area (Å²) in [6.07, 6.45) is -1.29. The van der Waals surface area contributed by atoms with E-state index in [0.717, 1.165) is 0 Å². The van der Waals surface area contributed by atoms with Crippen LogP contribution in [0.1, 0.15) is 32.6 Å². The number of carbonyl (C=O) groups excluding carboxylic acids is 2. The lowest BCUT2D eigenvalue weighted by Crippen LogP contribution is -2.56. The first-order valence-corrected chi connectivity index (χ1v) is 5.99. The first-order chi connectivity index (χ1) is 7.17. The van der Waals surface area contributed by atoms with Crippen molar-refractivity contribution in [3.8, 4) is 0 Å². The van der Waals surface area contributed by atoms with Crippen molar-refractivity contribution < 1.29 is 32.8 Å². The predicted octanol–water partition coefficient (Wildman–Crippen LogP) is -2.31. The van der Waals surface area contributed by atoms with Gasteiger partial charge in [-0.25, -0.2) is 0 Å². The summed E-state index contributed by atoms with van der Waals surface area (Å²) in [5.74, 6) is -4.01. The molecule has 0 spiro atoms. The van der Waals surface area contributed by atoms with Crippen LogP contribution in [0.5, 0.6) is 0 Å². The van der Waals surface area contributed by atoms with Crippen LogP contribution in [-0.2, 0) is 19.7 Å². The second-order valence-electron chi connectivity index (χ2n) is 3.41. The number of carboxylic acids is 2. The molecule has 0 saturated heterocycles. The lowest BCUT2D eigenvalue weighted by atomic mass is 9.97. The quantitative estimate of drug-likeness (QED) is 0.503. The van der Waals surface area contributed by atoms with E-state index in [1.54, 1.807) is 6.92 Å². The number of unbranched alkanes of at least 4 members (excludes halogenated alkanes) is 1. The van der Waals surface area contributed by atoms with Gasteiger partial charge in [-0.05, 0) is 6.42 Å². The van der Waals surface area contributed by atoms with Crippen molar-refractivity contribution >= 4 is 22.1 Å². The molecule has 0 radical (unpaired) electrons. The Morgan fingerprint density at radius 1 is 1.31 bits per heavy atom. The fraction of sp³-hybridized carbons (Fsp3) is 0.750. The smallest absolute Gasteiger partial charge is 0.276 e. The van der Waals surface area contributed by atoms with Crippen molar-refractivity contribution in [3.63, 3.8) is 0 Å². The van der Waals surface area contributed by atoms with Gasteiger partial charge < -0.3 is 19.8 Å². The molecule has 1 N–H and O–H groups in total. The molecule has 8 heteroatoms. The first kappa shape index (κ1) is 14.8. The highest BCUT2D eigenvalue weighted by molar-refractivity contribution is 7.88. The Morgan fingerprint density at radius 2 is 1.81 bits per heavy atom. The number of carbonyl (C=O) groups is 2. The molecule has 1 unspecified atom stereocenters. The second-order valence-corrected chi connectivity index (χ2v) is 5.14. The number of hydrogen-bond acceptors (Lipinski definition) is 6. The van der Waals surface area contributed by atoms with Crippen LogP contribution in [0.15, 0.2) is 0 Å². The van der Waals surface area contributed by atoms with Gasteiger partial charge in [0.2, 0.25) is 0 Å². The highest BCUT2D eigenvalue weighted by atomic mass is 32.2. The third-order valence-electron chi connectivity index (χ3n) is 2.23. The molecule has 0 aliphatic rings. The largest absolute Gasteiger partial charge is 0.550 e. The molecule has 0 aromatic rings. The number of carboxylic acid groups (broad SMARTS) is 2. The van der Waals surface area contributed by atoms with Gasteiger partial charge >= 0.3 is 0 Å². The van der Waals surface area contributed by atoms with Gasteiger partial charge in [0.05, 0.1) is 5.97 Å². The van der Waals surface area contributed by atoms with Crippen LogP contribution in [0.3, 0.4) is 0 Å². The van der Waals surface area contributed by atoms with Gasteiger partial charge in [0.15, 0.2) is 0 Å². The van der Waals surface area contributed by atoms with E-state index in [-0.39, 0.29) is 6.42 Å². The van der Waals surface area contributed by atoms with Gasteiger partial charge in [0, 0.05) is 12.4 Å². The van der Waals surface area contributed by atoms with Gasteiger partial charge in [0.1, 0.15) is 4.75 Å². The molecule has 0 saturated carbocycles. The maximum absolute atomic E-state index is 11.0. The maximum atomic E-state index is 11.0. The van der Waals surface area contributed by atoms with Crippen LogP contribution in [0, 0.1) is 0 Å². The first-order valence-electron chi connectivity index (χ1n) is 4.55. The van der Waals surface area contributed by atoms with E-state index in [1.165, 1.54) is 0 Å². The Balaban J connectivity index is 5.40. The molecular weight excluding hydrogens is 240 g/mol. The molecular formula is C8H12O7S-2. The Labute approximate surface area is 92.8 Å². The highest BCUT2D eigenvalue weighted by Gasteiger charge is 2.44. The SMILES string of the molecule is CCCCC(CC(=O)[O-])(C(=O)[O-])S(=O)(=O)O. The van der Waals surface area contributed by atoms with Crippen LogP contribution in [0.4, 0.5) is 0 Å². The predicted molar refractivity (Wildman–Crippen MR) is 48.4 cm³/mol. The third-order valence-corrected chi connectivity index (χ3v) is 3.73. The summed E-state index contributed by atoms with van der Waals surface area (Å²) < 4.78 is 28.0. The summed E-state index contributed by atoms with van der Waals surface area (Å²) >= 11 is 0. The molecule has 0 aromatic heterocycles. The van der Waals surface area contributed by atoms with Crippen molar-refractivity contribution in [2.24, 2.45) is 0 Å². The van der Waals surface area contributed by atoms with E-state index < -0.39 is 39.6 Å². The van der Waals surface area contributed by atoms with E-state index in [1.807, 2.05) is 0 Å². The van der Waals surface area contributed by atoms with E-state index in [9.17, 15) is 28.2 Å². The zero-order valence-corrected chi connectivity index (χ0v) is 9.45. The highest BCUT2D eigenvalue weighted by Crippen LogP contribution is 2.27. The minimum atomic E-state index is -5.08. The average Bonchev–Trinajstić information content (AvgIpc) is 2.09. The van der Waals surface area contributed by atoms with Crippen LogP contribution in [-0.4, -0.2) is 29.7 Å². The summed E-state index contributed by atoms with van der Waals surface area (Å²) in [4.78, 5) is 21.1. The maximum Gasteiger partial charge on any atom is 0.276 e. The monoisotopic (exact) mass is 252 g/mol.